The number of furan rings is 1. The summed E-state index contributed by atoms with van der Waals surface area (Å²) < 4.78 is 5.98. The number of aryl methyl sites for hydroxylation is 3. The lowest BCUT2D eigenvalue weighted by Crippen LogP contribution is -2.12. The van der Waals surface area contributed by atoms with Crippen molar-refractivity contribution in [2.45, 2.75) is 26.8 Å². The van der Waals surface area contributed by atoms with Gasteiger partial charge < -0.3 is 10.2 Å². The van der Waals surface area contributed by atoms with Gasteiger partial charge in [0.1, 0.15) is 11.3 Å². The zero-order valence-corrected chi connectivity index (χ0v) is 12.1. The minimum atomic E-state index is -0.221. The van der Waals surface area contributed by atoms with E-state index in [9.17, 15) is 0 Å². The van der Waals surface area contributed by atoms with Gasteiger partial charge in [0.25, 0.3) is 0 Å². The van der Waals surface area contributed by atoms with Gasteiger partial charge in [0.15, 0.2) is 0 Å². The highest BCUT2D eigenvalue weighted by atomic mass is 16.3. The van der Waals surface area contributed by atoms with Crippen LogP contribution in [0.4, 0.5) is 0 Å². The number of rotatable bonds is 2. The zero-order chi connectivity index (χ0) is 14.3. The molecule has 1 atom stereocenters. The average molecular weight is 265 g/mol. The molecule has 2 heteroatoms. The molecule has 1 aromatic heterocycles. The molecule has 0 saturated carbocycles. The Bertz CT molecular complexity index is 770. The summed E-state index contributed by atoms with van der Waals surface area (Å²) in [4.78, 5) is 0. The van der Waals surface area contributed by atoms with Crippen molar-refractivity contribution in [2.75, 3.05) is 0 Å². The molecule has 0 amide bonds. The van der Waals surface area contributed by atoms with Gasteiger partial charge in [-0.2, -0.15) is 0 Å². The molecule has 3 aromatic rings. The van der Waals surface area contributed by atoms with Gasteiger partial charge >= 0.3 is 0 Å². The monoisotopic (exact) mass is 265 g/mol. The highest BCUT2D eigenvalue weighted by Gasteiger charge is 2.16. The molecule has 0 aliphatic carbocycles. The van der Waals surface area contributed by atoms with Gasteiger partial charge in [-0.1, -0.05) is 42.0 Å². The third-order valence-corrected chi connectivity index (χ3v) is 3.84. The quantitative estimate of drug-likeness (QED) is 0.745. The van der Waals surface area contributed by atoms with E-state index in [1.807, 2.05) is 6.07 Å². The van der Waals surface area contributed by atoms with Crippen LogP contribution in [0.5, 0.6) is 0 Å². The molecule has 1 unspecified atom stereocenters. The van der Waals surface area contributed by atoms with Crippen molar-refractivity contribution in [3.8, 4) is 0 Å². The van der Waals surface area contributed by atoms with Crippen molar-refractivity contribution in [3.63, 3.8) is 0 Å². The Morgan fingerprint density at radius 2 is 1.75 bits per heavy atom. The van der Waals surface area contributed by atoms with Gasteiger partial charge in [0.05, 0.1) is 6.04 Å². The lowest BCUT2D eigenvalue weighted by Gasteiger charge is -2.13. The predicted octanol–water partition coefficient (Wildman–Crippen LogP) is 4.41. The molecule has 20 heavy (non-hydrogen) atoms. The fourth-order valence-electron chi connectivity index (χ4n) is 2.63. The molecular formula is C18H19NO. The first-order valence-corrected chi connectivity index (χ1v) is 6.88. The first-order chi connectivity index (χ1) is 9.56. The lowest BCUT2D eigenvalue weighted by atomic mass is 9.98. The number of hydrogen-bond acceptors (Lipinski definition) is 2. The highest BCUT2D eigenvalue weighted by Crippen LogP contribution is 2.30. The predicted molar refractivity (Wildman–Crippen MR) is 82.9 cm³/mol. The van der Waals surface area contributed by atoms with Crippen molar-refractivity contribution < 1.29 is 4.42 Å². The van der Waals surface area contributed by atoms with E-state index in [4.69, 9.17) is 10.2 Å². The van der Waals surface area contributed by atoms with Crippen LogP contribution in [0, 0.1) is 20.8 Å². The first kappa shape index (κ1) is 12.9. The molecule has 1 heterocycles. The summed E-state index contributed by atoms with van der Waals surface area (Å²) in [5.41, 5.74) is 12.0. The molecule has 0 spiro atoms. The Morgan fingerprint density at radius 1 is 0.950 bits per heavy atom. The molecule has 0 aliphatic heterocycles. The minimum absolute atomic E-state index is 0.221. The maximum atomic E-state index is 6.41. The Labute approximate surface area is 119 Å². The van der Waals surface area contributed by atoms with Crippen LogP contribution in [0.25, 0.3) is 11.0 Å². The fourth-order valence-corrected chi connectivity index (χ4v) is 2.63. The standard InChI is InChI=1S/C18H19NO/c1-11-7-8-12(2)15(9-11)17(19)16-10-14-6-4-5-13(3)18(14)20-16/h4-10,17H,19H2,1-3H3. The third-order valence-electron chi connectivity index (χ3n) is 3.84. The van der Waals surface area contributed by atoms with Crippen molar-refractivity contribution in [3.05, 3.63) is 70.5 Å². The molecule has 2 nitrogen and oxygen atoms in total. The van der Waals surface area contributed by atoms with Crippen LogP contribution in [0.1, 0.15) is 34.1 Å². The molecule has 0 bridgehead atoms. The van der Waals surface area contributed by atoms with Crippen LogP contribution < -0.4 is 5.73 Å². The Balaban J connectivity index is 2.10. The second kappa shape index (κ2) is 4.80. The van der Waals surface area contributed by atoms with Crippen LogP contribution in [0.15, 0.2) is 46.9 Å². The van der Waals surface area contributed by atoms with Gasteiger partial charge in [-0.3, -0.25) is 0 Å². The highest BCUT2D eigenvalue weighted by molar-refractivity contribution is 5.81. The fraction of sp³-hybridized carbons (Fsp3) is 0.222. The third kappa shape index (κ3) is 2.12. The first-order valence-electron chi connectivity index (χ1n) is 6.88. The summed E-state index contributed by atoms with van der Waals surface area (Å²) in [5, 5.41) is 1.11. The van der Waals surface area contributed by atoms with E-state index in [0.717, 1.165) is 27.9 Å². The van der Waals surface area contributed by atoms with E-state index in [1.54, 1.807) is 0 Å². The summed E-state index contributed by atoms with van der Waals surface area (Å²) in [6.45, 7) is 6.22. The van der Waals surface area contributed by atoms with Gasteiger partial charge in [0, 0.05) is 5.39 Å². The summed E-state index contributed by atoms with van der Waals surface area (Å²) in [6.07, 6.45) is 0. The Hall–Kier alpha value is -2.06. The smallest absolute Gasteiger partial charge is 0.137 e. The topological polar surface area (TPSA) is 39.2 Å². The van der Waals surface area contributed by atoms with Crippen LogP contribution in [-0.2, 0) is 0 Å². The van der Waals surface area contributed by atoms with Crippen molar-refractivity contribution in [1.82, 2.24) is 0 Å². The molecule has 0 aliphatic rings. The number of para-hydroxylation sites is 1. The van der Waals surface area contributed by atoms with Crippen molar-refractivity contribution in [2.24, 2.45) is 5.73 Å². The number of nitrogens with two attached hydrogens (primary N) is 1. The van der Waals surface area contributed by atoms with Crippen molar-refractivity contribution in [1.29, 1.82) is 0 Å². The summed E-state index contributed by atoms with van der Waals surface area (Å²) in [7, 11) is 0. The second-order valence-corrected chi connectivity index (χ2v) is 5.48. The minimum Gasteiger partial charge on any atom is -0.459 e. The number of benzene rings is 2. The second-order valence-electron chi connectivity index (χ2n) is 5.48. The molecular weight excluding hydrogens is 246 g/mol. The number of hydrogen-bond donors (Lipinski definition) is 1. The molecule has 0 saturated heterocycles. The molecule has 3 rings (SSSR count). The zero-order valence-electron chi connectivity index (χ0n) is 12.1. The van der Waals surface area contributed by atoms with E-state index in [-0.39, 0.29) is 6.04 Å². The molecule has 2 aromatic carbocycles. The van der Waals surface area contributed by atoms with E-state index in [1.165, 1.54) is 11.1 Å². The molecule has 102 valence electrons. The van der Waals surface area contributed by atoms with E-state index >= 15 is 0 Å². The lowest BCUT2D eigenvalue weighted by molar-refractivity contribution is 0.522. The normalized spacial score (nSPS) is 12.8. The van der Waals surface area contributed by atoms with E-state index in [0.29, 0.717) is 0 Å². The maximum absolute atomic E-state index is 6.41. The summed E-state index contributed by atoms with van der Waals surface area (Å²) >= 11 is 0. The molecule has 0 fully saturated rings. The Morgan fingerprint density at radius 3 is 2.50 bits per heavy atom. The van der Waals surface area contributed by atoms with E-state index < -0.39 is 0 Å². The molecule has 0 radical (unpaired) electrons. The van der Waals surface area contributed by atoms with Gasteiger partial charge in [-0.25, -0.2) is 0 Å². The van der Waals surface area contributed by atoms with Gasteiger partial charge in [0.2, 0.25) is 0 Å². The van der Waals surface area contributed by atoms with Gasteiger partial charge in [-0.05, 0) is 43.5 Å². The van der Waals surface area contributed by atoms with Crippen molar-refractivity contribution >= 4 is 11.0 Å². The maximum Gasteiger partial charge on any atom is 0.137 e. The van der Waals surface area contributed by atoms with E-state index in [2.05, 4.69) is 57.2 Å². The van der Waals surface area contributed by atoms with Gasteiger partial charge in [-0.15, -0.1) is 0 Å². The SMILES string of the molecule is Cc1ccc(C)c(C(N)c2cc3cccc(C)c3o2)c1. The average Bonchev–Trinajstić information content (AvgIpc) is 2.86. The largest absolute Gasteiger partial charge is 0.459 e. The summed E-state index contributed by atoms with van der Waals surface area (Å²) in [6, 6.07) is 14.3. The van der Waals surface area contributed by atoms with Crippen LogP contribution in [0.3, 0.4) is 0 Å². The van der Waals surface area contributed by atoms with Crippen LogP contribution in [0.2, 0.25) is 0 Å². The summed E-state index contributed by atoms with van der Waals surface area (Å²) in [5.74, 6) is 0.822. The number of fused-ring (bicyclic) bond motifs is 1. The van der Waals surface area contributed by atoms with Crippen LogP contribution >= 0.6 is 0 Å². The molecule has 2 N–H and O–H groups in total. The van der Waals surface area contributed by atoms with Crippen LogP contribution in [-0.4, -0.2) is 0 Å². The Kier molecular flexibility index (Phi) is 3.11.